The molecule has 0 bridgehead atoms. The van der Waals surface area contributed by atoms with Gasteiger partial charge in [-0.05, 0) is 60.1 Å². The molecule has 1 unspecified atom stereocenters. The number of fused-ring (bicyclic) bond motifs is 4. The number of amides is 1. The molecule has 24 heavy (non-hydrogen) atoms. The Morgan fingerprint density at radius 2 is 1.58 bits per heavy atom. The molecule has 0 fully saturated rings. The van der Waals surface area contributed by atoms with E-state index in [0.29, 0.717) is 0 Å². The Balaban J connectivity index is 1.87. The van der Waals surface area contributed by atoms with Gasteiger partial charge in [0, 0.05) is 13.1 Å². The molecule has 0 radical (unpaired) electrons. The number of carbonyl (C=O) groups is 1. The van der Waals surface area contributed by atoms with Crippen molar-refractivity contribution in [2.24, 2.45) is 5.92 Å². The van der Waals surface area contributed by atoms with Gasteiger partial charge in [-0.1, -0.05) is 48.5 Å². The van der Waals surface area contributed by atoms with Crippen molar-refractivity contribution in [1.82, 2.24) is 4.90 Å². The van der Waals surface area contributed by atoms with Crippen molar-refractivity contribution in [1.29, 1.82) is 0 Å². The molecule has 2 aromatic rings. The average Bonchev–Trinajstić information content (AvgIpc) is 3.02. The van der Waals surface area contributed by atoms with Gasteiger partial charge in [0.15, 0.2) is 0 Å². The highest BCUT2D eigenvalue weighted by molar-refractivity contribution is 6.07. The van der Waals surface area contributed by atoms with Crippen LogP contribution in [-0.2, 0) is 17.6 Å². The molecule has 0 saturated carbocycles. The fourth-order valence-corrected chi connectivity index (χ4v) is 4.30. The molecule has 0 N–H and O–H groups in total. The minimum atomic E-state index is -0.0431. The minimum Gasteiger partial charge on any atom is -0.343 e. The van der Waals surface area contributed by atoms with E-state index in [-0.39, 0.29) is 11.8 Å². The second kappa shape index (κ2) is 5.94. The molecular weight excluding hydrogens is 294 g/mol. The van der Waals surface area contributed by atoms with Gasteiger partial charge in [0.25, 0.3) is 0 Å². The van der Waals surface area contributed by atoms with E-state index in [9.17, 15) is 4.79 Å². The van der Waals surface area contributed by atoms with Crippen LogP contribution in [-0.4, -0.2) is 23.9 Å². The number of rotatable bonds is 3. The van der Waals surface area contributed by atoms with Crippen LogP contribution < -0.4 is 0 Å². The van der Waals surface area contributed by atoms with Crippen molar-refractivity contribution in [3.05, 3.63) is 70.8 Å². The molecule has 2 aliphatic rings. The Morgan fingerprint density at radius 1 is 0.958 bits per heavy atom. The van der Waals surface area contributed by atoms with E-state index in [1.54, 1.807) is 0 Å². The summed E-state index contributed by atoms with van der Waals surface area (Å²) in [5.74, 6) is 0.233. The molecule has 0 aromatic heterocycles. The first-order chi connectivity index (χ1) is 11.7. The zero-order valence-electron chi connectivity index (χ0n) is 14.4. The van der Waals surface area contributed by atoms with E-state index < -0.39 is 0 Å². The highest BCUT2D eigenvalue weighted by Crippen LogP contribution is 2.48. The summed E-state index contributed by atoms with van der Waals surface area (Å²) in [6.45, 7) is 5.68. The van der Waals surface area contributed by atoms with Crippen LogP contribution in [0.3, 0.4) is 0 Å². The van der Waals surface area contributed by atoms with Gasteiger partial charge in [-0.25, -0.2) is 0 Å². The van der Waals surface area contributed by atoms with Gasteiger partial charge < -0.3 is 4.90 Å². The lowest BCUT2D eigenvalue weighted by Gasteiger charge is -2.31. The molecule has 1 atom stereocenters. The monoisotopic (exact) mass is 317 g/mol. The highest BCUT2D eigenvalue weighted by Gasteiger charge is 2.37. The summed E-state index contributed by atoms with van der Waals surface area (Å²) in [4.78, 5) is 15.2. The van der Waals surface area contributed by atoms with Gasteiger partial charge >= 0.3 is 0 Å². The number of carbonyl (C=O) groups excluding carboxylic acids is 1. The summed E-state index contributed by atoms with van der Waals surface area (Å²) in [7, 11) is 0. The zero-order chi connectivity index (χ0) is 16.7. The van der Waals surface area contributed by atoms with E-state index in [0.717, 1.165) is 25.9 Å². The fourth-order valence-electron chi connectivity index (χ4n) is 4.30. The maximum absolute atomic E-state index is 13.2. The molecule has 0 saturated heterocycles. The lowest BCUT2D eigenvalue weighted by Crippen LogP contribution is -2.38. The van der Waals surface area contributed by atoms with Gasteiger partial charge in [-0.15, -0.1) is 0 Å². The molecule has 122 valence electrons. The maximum atomic E-state index is 13.2. The van der Waals surface area contributed by atoms with E-state index in [1.165, 1.54) is 33.4 Å². The molecule has 2 aromatic carbocycles. The Bertz CT molecular complexity index is 829. The van der Waals surface area contributed by atoms with E-state index in [1.807, 2.05) is 4.90 Å². The summed E-state index contributed by atoms with van der Waals surface area (Å²) in [5, 5.41) is 0. The predicted octanol–water partition coefficient (Wildman–Crippen LogP) is 4.19. The third-order valence-electron chi connectivity index (χ3n) is 5.49. The van der Waals surface area contributed by atoms with Crippen LogP contribution in [0.4, 0.5) is 0 Å². The van der Waals surface area contributed by atoms with Gasteiger partial charge in [0.1, 0.15) is 0 Å². The first-order valence-corrected chi connectivity index (χ1v) is 8.93. The van der Waals surface area contributed by atoms with Crippen molar-refractivity contribution in [2.45, 2.75) is 26.7 Å². The van der Waals surface area contributed by atoms with E-state index >= 15 is 0 Å². The quantitative estimate of drug-likeness (QED) is 0.831. The van der Waals surface area contributed by atoms with Crippen LogP contribution in [0.1, 0.15) is 36.1 Å². The van der Waals surface area contributed by atoms with E-state index in [2.05, 4.69) is 62.4 Å². The molecule has 1 amide bonds. The zero-order valence-corrected chi connectivity index (χ0v) is 14.4. The largest absolute Gasteiger partial charge is 0.343 e. The number of nitrogens with zero attached hydrogens (tertiary/aromatic N) is 1. The van der Waals surface area contributed by atoms with Crippen molar-refractivity contribution in [2.75, 3.05) is 13.1 Å². The van der Waals surface area contributed by atoms with E-state index in [4.69, 9.17) is 0 Å². The van der Waals surface area contributed by atoms with Crippen LogP contribution >= 0.6 is 0 Å². The summed E-state index contributed by atoms with van der Waals surface area (Å²) in [5.41, 5.74) is 7.94. The van der Waals surface area contributed by atoms with Crippen molar-refractivity contribution < 1.29 is 4.79 Å². The highest BCUT2D eigenvalue weighted by atomic mass is 16.2. The fraction of sp³-hybridized carbons (Fsp3) is 0.318. The topological polar surface area (TPSA) is 20.3 Å². The van der Waals surface area contributed by atoms with Gasteiger partial charge in [-0.2, -0.15) is 0 Å². The number of allylic oxidation sites excluding steroid dienone is 1. The molecule has 2 nitrogen and oxygen atoms in total. The summed E-state index contributed by atoms with van der Waals surface area (Å²) in [6, 6.07) is 17.2. The van der Waals surface area contributed by atoms with Crippen molar-refractivity contribution in [3.63, 3.8) is 0 Å². The van der Waals surface area contributed by atoms with Gasteiger partial charge in [0.05, 0.1) is 5.92 Å². The molecule has 0 heterocycles. The maximum Gasteiger partial charge on any atom is 0.230 e. The molecular formula is C22H23NO. The Kier molecular flexibility index (Phi) is 3.76. The molecule has 2 aliphatic carbocycles. The normalized spacial score (nSPS) is 18.0. The van der Waals surface area contributed by atoms with Crippen LogP contribution in [0.5, 0.6) is 0 Å². The minimum absolute atomic E-state index is 0.0431. The van der Waals surface area contributed by atoms with Crippen LogP contribution in [0, 0.1) is 5.92 Å². The summed E-state index contributed by atoms with van der Waals surface area (Å²) < 4.78 is 0. The number of benzene rings is 2. The van der Waals surface area contributed by atoms with Crippen molar-refractivity contribution >= 4 is 17.1 Å². The SMILES string of the molecule is CCN(CC)C(=O)C1Cc2ccccc2C2=C1c1ccccc1C2. The molecule has 0 spiro atoms. The second-order valence-corrected chi connectivity index (χ2v) is 6.65. The predicted molar refractivity (Wildman–Crippen MR) is 98.5 cm³/mol. The van der Waals surface area contributed by atoms with Crippen molar-refractivity contribution in [3.8, 4) is 0 Å². The molecule has 0 aliphatic heterocycles. The first kappa shape index (κ1) is 15.2. The second-order valence-electron chi connectivity index (χ2n) is 6.65. The summed E-state index contributed by atoms with van der Waals surface area (Å²) >= 11 is 0. The first-order valence-electron chi connectivity index (χ1n) is 8.93. The van der Waals surface area contributed by atoms with Crippen LogP contribution in [0.2, 0.25) is 0 Å². The van der Waals surface area contributed by atoms with Crippen LogP contribution in [0.25, 0.3) is 11.1 Å². The number of hydrogen-bond donors (Lipinski definition) is 0. The Hall–Kier alpha value is -2.35. The third-order valence-corrected chi connectivity index (χ3v) is 5.49. The standard InChI is InChI=1S/C22H23NO/c1-3-23(4-2)22(24)20-14-15-9-5-7-11-17(15)19-13-16-10-6-8-12-18(16)21(19)20/h5-12,20H,3-4,13-14H2,1-2H3. The lowest BCUT2D eigenvalue weighted by atomic mass is 9.78. The Labute approximate surface area is 143 Å². The molecule has 2 heteroatoms. The van der Waals surface area contributed by atoms with Crippen LogP contribution in [0.15, 0.2) is 48.5 Å². The number of hydrogen-bond acceptors (Lipinski definition) is 1. The smallest absolute Gasteiger partial charge is 0.230 e. The van der Waals surface area contributed by atoms with Gasteiger partial charge in [-0.3, -0.25) is 4.79 Å². The van der Waals surface area contributed by atoms with Gasteiger partial charge in [0.2, 0.25) is 5.91 Å². The Morgan fingerprint density at radius 3 is 2.29 bits per heavy atom. The average molecular weight is 317 g/mol. The summed E-state index contributed by atoms with van der Waals surface area (Å²) in [6.07, 6.45) is 1.77. The molecule has 4 rings (SSSR count). The third kappa shape index (κ3) is 2.21. The lowest BCUT2D eigenvalue weighted by molar-refractivity contribution is -0.133.